The Morgan fingerprint density at radius 1 is 1.26 bits per heavy atom. The number of carboxylic acid groups (broad SMARTS) is 1. The van der Waals surface area contributed by atoms with Crippen molar-refractivity contribution in [2.75, 3.05) is 12.5 Å². The van der Waals surface area contributed by atoms with Crippen LogP contribution in [0, 0.1) is 0 Å². The van der Waals surface area contributed by atoms with Crippen molar-refractivity contribution in [1.29, 1.82) is 0 Å². The zero-order chi connectivity index (χ0) is 17.5. The van der Waals surface area contributed by atoms with E-state index in [0.717, 1.165) is 5.56 Å². The van der Waals surface area contributed by atoms with E-state index >= 15 is 0 Å². The summed E-state index contributed by atoms with van der Waals surface area (Å²) in [7, 11) is 0. The van der Waals surface area contributed by atoms with Gasteiger partial charge in [0.15, 0.2) is 0 Å². The Balaban J connectivity index is 2.65. The van der Waals surface area contributed by atoms with Gasteiger partial charge in [-0.3, -0.25) is 0 Å². The quantitative estimate of drug-likeness (QED) is 0.744. The molecule has 0 bridgehead atoms. The number of hydrogen-bond acceptors (Lipinski definition) is 4. The van der Waals surface area contributed by atoms with E-state index in [9.17, 15) is 14.7 Å². The molecule has 0 saturated carbocycles. The number of ether oxygens (including phenoxy) is 2. The molecule has 1 amide bonds. The van der Waals surface area contributed by atoms with E-state index in [-0.39, 0.29) is 6.42 Å². The lowest BCUT2D eigenvalue weighted by Crippen LogP contribution is -2.44. The summed E-state index contributed by atoms with van der Waals surface area (Å²) in [6, 6.07) is 5.88. The number of carbonyl (C=O) groups is 2. The van der Waals surface area contributed by atoms with Gasteiger partial charge < -0.3 is 19.9 Å². The number of aliphatic carboxylic acids is 1. The summed E-state index contributed by atoms with van der Waals surface area (Å²) in [5, 5.41) is 11.6. The molecule has 0 aromatic heterocycles. The summed E-state index contributed by atoms with van der Waals surface area (Å²) >= 11 is 5.54. The Labute approximate surface area is 140 Å². The normalized spacial score (nSPS) is 12.3. The molecule has 1 aromatic rings. The fourth-order valence-corrected chi connectivity index (χ4v) is 1.84. The standard InChI is InChI=1S/C16H22ClNO5/c1-16(2,3)23-15(21)18-13(14(19)20)10-11-4-6-12(7-5-11)22-9-8-17/h4-7,13H,8-10H2,1-3H3,(H,18,21)(H,19,20). The van der Waals surface area contributed by atoms with E-state index in [4.69, 9.17) is 21.1 Å². The molecule has 0 heterocycles. The highest BCUT2D eigenvalue weighted by atomic mass is 35.5. The summed E-state index contributed by atoms with van der Waals surface area (Å²) in [6.07, 6.45) is -0.614. The molecule has 0 aliphatic heterocycles. The average Bonchev–Trinajstić information content (AvgIpc) is 2.43. The number of benzene rings is 1. The second-order valence-electron chi connectivity index (χ2n) is 5.92. The van der Waals surface area contributed by atoms with Gasteiger partial charge in [0.05, 0.1) is 5.88 Å². The monoisotopic (exact) mass is 343 g/mol. The van der Waals surface area contributed by atoms with E-state index in [2.05, 4.69) is 5.32 Å². The molecule has 2 N–H and O–H groups in total. The molecule has 0 spiro atoms. The molecule has 128 valence electrons. The molecule has 0 saturated heterocycles. The van der Waals surface area contributed by atoms with Crippen LogP contribution < -0.4 is 10.1 Å². The van der Waals surface area contributed by atoms with Crippen molar-refractivity contribution in [3.63, 3.8) is 0 Å². The maximum Gasteiger partial charge on any atom is 0.408 e. The number of carbonyl (C=O) groups excluding carboxylic acids is 1. The third kappa shape index (κ3) is 7.74. The maximum atomic E-state index is 11.7. The summed E-state index contributed by atoms with van der Waals surface area (Å²) < 4.78 is 10.4. The van der Waals surface area contributed by atoms with Crippen molar-refractivity contribution in [2.24, 2.45) is 0 Å². The Bertz CT molecular complexity index is 524. The minimum atomic E-state index is -1.13. The zero-order valence-corrected chi connectivity index (χ0v) is 14.2. The van der Waals surface area contributed by atoms with Gasteiger partial charge in [-0.1, -0.05) is 12.1 Å². The van der Waals surface area contributed by atoms with Crippen LogP contribution in [0.15, 0.2) is 24.3 Å². The number of hydrogen-bond donors (Lipinski definition) is 2. The first-order valence-corrected chi connectivity index (χ1v) is 7.75. The lowest BCUT2D eigenvalue weighted by atomic mass is 10.1. The minimum absolute atomic E-state index is 0.143. The molecule has 0 fully saturated rings. The van der Waals surface area contributed by atoms with Crippen molar-refractivity contribution >= 4 is 23.7 Å². The number of amides is 1. The van der Waals surface area contributed by atoms with Gasteiger partial charge in [0, 0.05) is 6.42 Å². The van der Waals surface area contributed by atoms with Crippen molar-refractivity contribution in [3.8, 4) is 5.75 Å². The van der Waals surface area contributed by atoms with E-state index in [1.165, 1.54) is 0 Å². The van der Waals surface area contributed by atoms with Crippen molar-refractivity contribution in [3.05, 3.63) is 29.8 Å². The second kappa shape index (κ2) is 8.62. The maximum absolute atomic E-state index is 11.7. The Kier molecular flexibility index (Phi) is 7.16. The minimum Gasteiger partial charge on any atom is -0.492 e. The van der Waals surface area contributed by atoms with Crippen LogP contribution in [-0.2, 0) is 16.0 Å². The predicted octanol–water partition coefficient (Wildman–Crippen LogP) is 2.82. The number of carboxylic acids is 1. The molecule has 23 heavy (non-hydrogen) atoms. The molecule has 6 nitrogen and oxygen atoms in total. The number of alkyl halides is 1. The van der Waals surface area contributed by atoms with E-state index in [0.29, 0.717) is 18.2 Å². The van der Waals surface area contributed by atoms with Crippen LogP contribution in [-0.4, -0.2) is 41.3 Å². The van der Waals surface area contributed by atoms with Crippen LogP contribution in [0.4, 0.5) is 4.79 Å². The van der Waals surface area contributed by atoms with Gasteiger partial charge in [0.1, 0.15) is 24.0 Å². The highest BCUT2D eigenvalue weighted by molar-refractivity contribution is 6.18. The van der Waals surface area contributed by atoms with Crippen molar-refractivity contribution in [2.45, 2.75) is 38.8 Å². The van der Waals surface area contributed by atoms with Crippen molar-refractivity contribution in [1.82, 2.24) is 5.32 Å². The summed E-state index contributed by atoms with van der Waals surface area (Å²) in [4.78, 5) is 23.0. The van der Waals surface area contributed by atoms with Gasteiger partial charge in [0.25, 0.3) is 0 Å². The van der Waals surface area contributed by atoms with Crippen LogP contribution in [0.5, 0.6) is 5.75 Å². The average molecular weight is 344 g/mol. The lowest BCUT2D eigenvalue weighted by molar-refractivity contribution is -0.139. The fourth-order valence-electron chi connectivity index (χ4n) is 1.76. The van der Waals surface area contributed by atoms with Gasteiger partial charge in [0.2, 0.25) is 0 Å². The first-order valence-electron chi connectivity index (χ1n) is 7.21. The van der Waals surface area contributed by atoms with Crippen LogP contribution >= 0.6 is 11.6 Å². The first-order chi connectivity index (χ1) is 10.7. The number of rotatable bonds is 7. The largest absolute Gasteiger partial charge is 0.492 e. The van der Waals surface area contributed by atoms with Gasteiger partial charge >= 0.3 is 12.1 Å². The van der Waals surface area contributed by atoms with Crippen LogP contribution in [0.1, 0.15) is 26.3 Å². The summed E-state index contributed by atoms with van der Waals surface area (Å²) in [5.74, 6) is -0.0810. The topological polar surface area (TPSA) is 84.9 Å². The molecular weight excluding hydrogens is 322 g/mol. The van der Waals surface area contributed by atoms with Gasteiger partial charge in [-0.05, 0) is 38.5 Å². The van der Waals surface area contributed by atoms with Gasteiger partial charge in [-0.15, -0.1) is 11.6 Å². The lowest BCUT2D eigenvalue weighted by Gasteiger charge is -2.22. The van der Waals surface area contributed by atoms with E-state index in [1.807, 2.05) is 0 Å². The molecule has 0 aliphatic rings. The smallest absolute Gasteiger partial charge is 0.408 e. The SMILES string of the molecule is CC(C)(C)OC(=O)NC(Cc1ccc(OCCCl)cc1)C(=O)O. The van der Waals surface area contributed by atoms with Crippen molar-refractivity contribution < 1.29 is 24.2 Å². The predicted molar refractivity (Wildman–Crippen MR) is 87.2 cm³/mol. The van der Waals surface area contributed by atoms with Gasteiger partial charge in [-0.2, -0.15) is 0 Å². The first kappa shape index (κ1) is 19.1. The third-order valence-corrected chi connectivity index (χ3v) is 2.85. The molecule has 0 radical (unpaired) electrons. The fraction of sp³-hybridized carbons (Fsp3) is 0.500. The molecule has 1 unspecified atom stereocenters. The summed E-state index contributed by atoms with van der Waals surface area (Å²) in [5.41, 5.74) is 0.0702. The zero-order valence-electron chi connectivity index (χ0n) is 13.5. The Hall–Kier alpha value is -1.95. The summed E-state index contributed by atoms with van der Waals surface area (Å²) in [6.45, 7) is 5.53. The van der Waals surface area contributed by atoms with Crippen LogP contribution in [0.25, 0.3) is 0 Å². The Morgan fingerprint density at radius 2 is 1.87 bits per heavy atom. The molecule has 1 rings (SSSR count). The molecule has 1 aromatic carbocycles. The van der Waals surface area contributed by atoms with E-state index in [1.54, 1.807) is 45.0 Å². The second-order valence-corrected chi connectivity index (χ2v) is 6.30. The highest BCUT2D eigenvalue weighted by Gasteiger charge is 2.24. The highest BCUT2D eigenvalue weighted by Crippen LogP contribution is 2.14. The molecular formula is C16H22ClNO5. The van der Waals surface area contributed by atoms with Crippen LogP contribution in [0.2, 0.25) is 0 Å². The van der Waals surface area contributed by atoms with Crippen LogP contribution in [0.3, 0.4) is 0 Å². The number of nitrogens with one attached hydrogen (secondary N) is 1. The number of halogens is 1. The molecule has 0 aliphatic carbocycles. The molecule has 7 heteroatoms. The van der Waals surface area contributed by atoms with Gasteiger partial charge in [-0.25, -0.2) is 9.59 Å². The molecule has 1 atom stereocenters. The third-order valence-electron chi connectivity index (χ3n) is 2.70. The number of alkyl carbamates (subject to hydrolysis) is 1. The Morgan fingerprint density at radius 3 is 2.35 bits per heavy atom. The van der Waals surface area contributed by atoms with E-state index < -0.39 is 23.7 Å².